The fraction of sp³-hybridized carbons (Fsp3) is 0. The summed E-state index contributed by atoms with van der Waals surface area (Å²) in [5, 5.41) is 0. The summed E-state index contributed by atoms with van der Waals surface area (Å²) in [4.78, 5) is -0.278. The molecular formula is H12I3O6V. The summed E-state index contributed by atoms with van der Waals surface area (Å²) in [6.07, 6.45) is 0. The second-order valence-corrected chi connectivity index (χ2v) is 35.6. The van der Waals surface area contributed by atoms with Gasteiger partial charge in [0.1, 0.15) is 0 Å². The van der Waals surface area contributed by atoms with Gasteiger partial charge in [-0.3, -0.25) is 0 Å². The molecule has 0 aliphatic carbocycles. The average Bonchev–Trinajstić information content (AvgIpc) is 0.811. The Morgan fingerprint density at radius 1 is 0.500 bits per heavy atom. The molecule has 0 atom stereocenters. The van der Waals surface area contributed by atoms with Gasteiger partial charge in [0.2, 0.25) is 0 Å². The Kier molecular flexibility index (Phi) is 228. The quantitative estimate of drug-likeness (QED) is 0.300. The molecule has 0 fully saturated rings. The zero-order chi connectivity index (χ0) is 3.58. The maximum absolute atomic E-state index is 2.46. The summed E-state index contributed by atoms with van der Waals surface area (Å²) in [5.74, 6) is 0. The molecular weight excluding hydrogens is 528 g/mol. The van der Waals surface area contributed by atoms with E-state index in [1.165, 1.54) is 0 Å². The van der Waals surface area contributed by atoms with Crippen LogP contribution in [0, 0.1) is 0 Å². The summed E-state index contributed by atoms with van der Waals surface area (Å²) in [5.41, 5.74) is 0. The van der Waals surface area contributed by atoms with Crippen molar-refractivity contribution in [3.05, 3.63) is 0 Å². The maximum atomic E-state index is 2.46. The van der Waals surface area contributed by atoms with Crippen LogP contribution in [0.15, 0.2) is 0 Å². The van der Waals surface area contributed by atoms with E-state index in [1.54, 1.807) is 0 Å². The summed E-state index contributed by atoms with van der Waals surface area (Å²) in [6, 6.07) is 0. The van der Waals surface area contributed by atoms with E-state index in [-0.39, 0.29) is 37.8 Å². The predicted molar refractivity (Wildman–Crippen MR) is 63.7 cm³/mol. The van der Waals surface area contributed by atoms with Gasteiger partial charge in [0, 0.05) is 0 Å². The molecule has 6 nitrogen and oxygen atoms in total. The molecule has 0 aromatic heterocycles. The van der Waals surface area contributed by atoms with Crippen molar-refractivity contribution in [3.8, 4) is 0 Å². The van der Waals surface area contributed by atoms with Gasteiger partial charge in [0.15, 0.2) is 0 Å². The molecule has 0 spiro atoms. The normalized spacial score (nSPS) is 3.60. The van der Waals surface area contributed by atoms with Crippen molar-refractivity contribution < 1.29 is 37.8 Å². The van der Waals surface area contributed by atoms with Crippen LogP contribution >= 0.6 is 59.9 Å². The molecule has 0 aliphatic rings. The molecule has 0 bridgehead atoms. The molecule has 12 N–H and O–H groups in total. The minimum atomic E-state index is -0.278. The second-order valence-electron chi connectivity index (χ2n) is 0.192. The number of halogens is 3. The van der Waals surface area contributed by atoms with E-state index in [2.05, 4.69) is 59.9 Å². The van der Waals surface area contributed by atoms with Crippen molar-refractivity contribution in [2.75, 3.05) is 0 Å². The van der Waals surface area contributed by atoms with Crippen molar-refractivity contribution in [2.45, 2.75) is 0 Å². The van der Waals surface area contributed by atoms with Crippen LogP contribution in [-0.4, -0.2) is 32.9 Å². The van der Waals surface area contributed by atoms with Gasteiger partial charge in [-0.1, -0.05) is 0 Å². The summed E-state index contributed by atoms with van der Waals surface area (Å²) >= 11 is 7.39. The van der Waals surface area contributed by atoms with Crippen LogP contribution in [0.4, 0.5) is 0 Å². The van der Waals surface area contributed by atoms with E-state index < -0.39 is 0 Å². The van der Waals surface area contributed by atoms with E-state index in [0.717, 1.165) is 0 Å². The SMILES string of the molecule is O.O.O.O.O.O.[I][V]([I])[I]. The molecule has 74 valence electrons. The van der Waals surface area contributed by atoms with Gasteiger partial charge in [-0.15, -0.1) is 0 Å². The number of hydrogen-bond donors (Lipinski definition) is 0. The van der Waals surface area contributed by atoms with Crippen LogP contribution in [0.25, 0.3) is 0 Å². The van der Waals surface area contributed by atoms with Crippen LogP contribution in [0.2, 0.25) is 0 Å². The summed E-state index contributed by atoms with van der Waals surface area (Å²) in [7, 11) is 0. The Labute approximate surface area is 96.1 Å². The first-order chi connectivity index (χ1) is 1.73. The zero-order valence-electron chi connectivity index (χ0n) is 4.58. The second kappa shape index (κ2) is 41.8. The van der Waals surface area contributed by atoms with Crippen molar-refractivity contribution in [1.29, 1.82) is 0 Å². The molecule has 0 aromatic carbocycles. The van der Waals surface area contributed by atoms with E-state index in [0.29, 0.717) is 0 Å². The van der Waals surface area contributed by atoms with Crippen LogP contribution in [0.3, 0.4) is 0 Å². The third-order valence-electron chi connectivity index (χ3n) is 0. The fourth-order valence-electron chi connectivity index (χ4n) is 0. The third kappa shape index (κ3) is 149. The molecule has 0 saturated carbocycles. The average molecular weight is 540 g/mol. The number of rotatable bonds is 0. The van der Waals surface area contributed by atoms with Gasteiger partial charge in [0.05, 0.1) is 0 Å². The number of hydrogen-bond acceptors (Lipinski definition) is 0. The molecule has 0 rings (SSSR count). The molecule has 10 heteroatoms. The van der Waals surface area contributed by atoms with Gasteiger partial charge in [-0.05, 0) is 0 Å². The molecule has 0 heterocycles. The first kappa shape index (κ1) is 54.4. The van der Waals surface area contributed by atoms with E-state index >= 15 is 0 Å². The molecule has 0 amide bonds. The molecule has 10 heavy (non-hydrogen) atoms. The van der Waals surface area contributed by atoms with Gasteiger partial charge in [0.25, 0.3) is 0 Å². The van der Waals surface area contributed by atoms with Crippen molar-refractivity contribution in [1.82, 2.24) is 0 Å². The van der Waals surface area contributed by atoms with Gasteiger partial charge >= 0.3 is 64.9 Å². The van der Waals surface area contributed by atoms with E-state index in [1.807, 2.05) is 0 Å². The standard InChI is InChI=1S/3HI.6H2O.V/h3*1H;6*1H2;/q;;;;;;;;;+3/p-3. The monoisotopic (exact) mass is 540 g/mol. The van der Waals surface area contributed by atoms with Gasteiger partial charge < -0.3 is 32.9 Å². The molecule has 0 aromatic rings. The van der Waals surface area contributed by atoms with Crippen molar-refractivity contribution >= 4 is 59.9 Å². The minimum absolute atomic E-state index is 0. The third-order valence-corrected chi connectivity index (χ3v) is 0. The predicted octanol–water partition coefficient (Wildman–Crippen LogP) is -2.29. The van der Waals surface area contributed by atoms with Gasteiger partial charge in [-0.25, -0.2) is 0 Å². The first-order valence-corrected chi connectivity index (χ1v) is 14.0. The fourth-order valence-corrected chi connectivity index (χ4v) is 0. The molecule has 0 radical (unpaired) electrons. The topological polar surface area (TPSA) is 189 Å². The van der Waals surface area contributed by atoms with Gasteiger partial charge in [-0.2, -0.15) is 0 Å². The summed E-state index contributed by atoms with van der Waals surface area (Å²) in [6.45, 7) is 0. The molecule has 0 unspecified atom stereocenters. The van der Waals surface area contributed by atoms with Crippen molar-refractivity contribution in [2.24, 2.45) is 0 Å². The Hall–Kier alpha value is 2.53. The Bertz CT molecular complexity index is 17.7. The van der Waals surface area contributed by atoms with E-state index in [9.17, 15) is 0 Å². The summed E-state index contributed by atoms with van der Waals surface area (Å²) < 4.78 is 0. The van der Waals surface area contributed by atoms with E-state index in [4.69, 9.17) is 0 Å². The van der Waals surface area contributed by atoms with Crippen LogP contribution in [0.5, 0.6) is 0 Å². The Morgan fingerprint density at radius 3 is 0.500 bits per heavy atom. The van der Waals surface area contributed by atoms with Crippen molar-refractivity contribution in [3.63, 3.8) is 0 Å². The van der Waals surface area contributed by atoms with Crippen LogP contribution in [-0.2, 0) is 4.92 Å². The zero-order valence-corrected chi connectivity index (χ0v) is 12.5. The molecule has 0 aliphatic heterocycles. The Morgan fingerprint density at radius 2 is 0.500 bits per heavy atom. The van der Waals surface area contributed by atoms with Crippen LogP contribution < -0.4 is 0 Å². The Balaban J connectivity index is -0.00000000300. The molecule has 0 saturated heterocycles. The van der Waals surface area contributed by atoms with Crippen LogP contribution in [0.1, 0.15) is 0 Å². The first-order valence-electron chi connectivity index (χ1n) is 0.507.